The van der Waals surface area contributed by atoms with Crippen LogP contribution in [0.15, 0.2) is 53.7 Å². The van der Waals surface area contributed by atoms with E-state index in [1.54, 1.807) is 4.68 Å². The Balaban J connectivity index is 1.86. The molecule has 1 atom stereocenters. The lowest BCUT2D eigenvalue weighted by Crippen LogP contribution is -2.01. The molecule has 112 valence electrons. The molecule has 4 nitrogen and oxygen atoms in total. The standard InChI is InChI=1S/C15H12F2N4S/c1-10(13-8-7-11(16)9-14(13)17)22-15-18-19-20-21(15)12-5-3-2-4-6-12/h2-10H,1H3. The van der Waals surface area contributed by atoms with Crippen molar-refractivity contribution in [1.82, 2.24) is 20.2 Å². The van der Waals surface area contributed by atoms with Gasteiger partial charge in [0.05, 0.1) is 5.69 Å². The van der Waals surface area contributed by atoms with E-state index in [-0.39, 0.29) is 5.25 Å². The summed E-state index contributed by atoms with van der Waals surface area (Å²) < 4.78 is 28.4. The number of halogens is 2. The molecule has 2 aromatic carbocycles. The van der Waals surface area contributed by atoms with Crippen LogP contribution in [0.1, 0.15) is 17.7 Å². The van der Waals surface area contributed by atoms with Crippen molar-refractivity contribution in [2.24, 2.45) is 0 Å². The van der Waals surface area contributed by atoms with Gasteiger partial charge in [-0.2, -0.15) is 4.68 Å². The minimum absolute atomic E-state index is 0.255. The highest BCUT2D eigenvalue weighted by Gasteiger charge is 2.17. The topological polar surface area (TPSA) is 43.6 Å². The third-order valence-electron chi connectivity index (χ3n) is 3.12. The maximum atomic E-state index is 13.8. The van der Waals surface area contributed by atoms with Gasteiger partial charge in [0.1, 0.15) is 11.6 Å². The molecule has 7 heteroatoms. The Morgan fingerprint density at radius 2 is 1.86 bits per heavy atom. The number of hydrogen-bond acceptors (Lipinski definition) is 4. The Bertz CT molecular complexity index is 776. The number of para-hydroxylation sites is 1. The van der Waals surface area contributed by atoms with Crippen molar-refractivity contribution < 1.29 is 8.78 Å². The molecule has 0 saturated heterocycles. The van der Waals surface area contributed by atoms with E-state index in [1.807, 2.05) is 37.3 Å². The predicted molar refractivity (Wildman–Crippen MR) is 79.8 cm³/mol. The second-order valence-corrected chi connectivity index (χ2v) is 5.94. The highest BCUT2D eigenvalue weighted by Crippen LogP contribution is 2.35. The number of nitrogens with zero attached hydrogens (tertiary/aromatic N) is 4. The molecule has 22 heavy (non-hydrogen) atoms. The molecule has 0 fully saturated rings. The normalized spacial score (nSPS) is 12.3. The Morgan fingerprint density at radius 3 is 2.59 bits per heavy atom. The summed E-state index contributed by atoms with van der Waals surface area (Å²) in [6.07, 6.45) is 0. The summed E-state index contributed by atoms with van der Waals surface area (Å²) >= 11 is 1.31. The van der Waals surface area contributed by atoms with Crippen LogP contribution in [-0.2, 0) is 0 Å². The molecule has 0 aliphatic carbocycles. The fraction of sp³-hybridized carbons (Fsp3) is 0.133. The Hall–Kier alpha value is -2.28. The molecule has 0 bridgehead atoms. The van der Waals surface area contributed by atoms with Crippen LogP contribution in [0, 0.1) is 11.6 Å². The van der Waals surface area contributed by atoms with Gasteiger partial charge in [0.2, 0.25) is 5.16 Å². The molecular formula is C15H12F2N4S. The summed E-state index contributed by atoms with van der Waals surface area (Å²) in [6, 6.07) is 13.0. The van der Waals surface area contributed by atoms with Crippen molar-refractivity contribution in [3.63, 3.8) is 0 Å². The SMILES string of the molecule is CC(Sc1nnnn1-c1ccccc1)c1ccc(F)cc1F. The van der Waals surface area contributed by atoms with Gasteiger partial charge in [-0.1, -0.05) is 36.0 Å². The highest BCUT2D eigenvalue weighted by atomic mass is 32.2. The van der Waals surface area contributed by atoms with E-state index in [0.717, 1.165) is 11.8 Å². The van der Waals surface area contributed by atoms with Crippen molar-refractivity contribution in [3.05, 3.63) is 65.7 Å². The van der Waals surface area contributed by atoms with Gasteiger partial charge >= 0.3 is 0 Å². The Morgan fingerprint density at radius 1 is 1.09 bits per heavy atom. The van der Waals surface area contributed by atoms with Crippen molar-refractivity contribution in [3.8, 4) is 5.69 Å². The third-order valence-corrected chi connectivity index (χ3v) is 4.20. The largest absolute Gasteiger partial charge is 0.214 e. The third kappa shape index (κ3) is 2.99. The van der Waals surface area contributed by atoms with E-state index in [9.17, 15) is 8.78 Å². The smallest absolute Gasteiger partial charge is 0.207 e. The van der Waals surface area contributed by atoms with E-state index in [4.69, 9.17) is 0 Å². The van der Waals surface area contributed by atoms with Gasteiger partial charge in [-0.15, -0.1) is 5.10 Å². The van der Waals surface area contributed by atoms with Gasteiger partial charge in [0.15, 0.2) is 0 Å². The predicted octanol–water partition coefficient (Wildman–Crippen LogP) is 3.79. The fourth-order valence-electron chi connectivity index (χ4n) is 2.04. The zero-order valence-electron chi connectivity index (χ0n) is 11.6. The second kappa shape index (κ2) is 6.23. The van der Waals surface area contributed by atoms with E-state index < -0.39 is 11.6 Å². The minimum atomic E-state index is -0.590. The number of benzene rings is 2. The van der Waals surface area contributed by atoms with Gasteiger partial charge in [0, 0.05) is 16.9 Å². The van der Waals surface area contributed by atoms with Crippen LogP contribution < -0.4 is 0 Å². The quantitative estimate of drug-likeness (QED) is 0.686. The lowest BCUT2D eigenvalue weighted by molar-refractivity contribution is 0.572. The molecule has 0 amide bonds. The number of thioether (sulfide) groups is 1. The van der Waals surface area contributed by atoms with Crippen LogP contribution in [0.4, 0.5) is 8.78 Å². The molecule has 3 rings (SSSR count). The molecule has 0 N–H and O–H groups in total. The second-order valence-electron chi connectivity index (χ2n) is 4.63. The highest BCUT2D eigenvalue weighted by molar-refractivity contribution is 7.99. The van der Waals surface area contributed by atoms with Gasteiger partial charge < -0.3 is 0 Å². The molecule has 0 aliphatic rings. The lowest BCUT2D eigenvalue weighted by atomic mass is 10.1. The number of aromatic nitrogens is 4. The molecule has 0 saturated carbocycles. The number of hydrogen-bond donors (Lipinski definition) is 0. The Labute approximate surface area is 130 Å². The van der Waals surface area contributed by atoms with Crippen molar-refractivity contribution in [1.29, 1.82) is 0 Å². The van der Waals surface area contributed by atoms with Gasteiger partial charge in [-0.25, -0.2) is 8.78 Å². The van der Waals surface area contributed by atoms with Crippen molar-refractivity contribution in [2.75, 3.05) is 0 Å². The molecule has 1 aromatic heterocycles. The average molecular weight is 318 g/mol. The minimum Gasteiger partial charge on any atom is -0.207 e. The van der Waals surface area contributed by atoms with Crippen molar-refractivity contribution in [2.45, 2.75) is 17.3 Å². The monoisotopic (exact) mass is 318 g/mol. The van der Waals surface area contributed by atoms with Gasteiger partial charge in [0.25, 0.3) is 0 Å². The molecule has 0 radical (unpaired) electrons. The van der Waals surface area contributed by atoms with Crippen LogP contribution in [0.3, 0.4) is 0 Å². The average Bonchev–Trinajstić information content (AvgIpc) is 2.96. The first-order chi connectivity index (χ1) is 10.6. The van der Waals surface area contributed by atoms with Gasteiger partial charge in [-0.3, -0.25) is 0 Å². The maximum Gasteiger partial charge on any atom is 0.214 e. The summed E-state index contributed by atoms with van der Waals surface area (Å²) in [5.74, 6) is -1.16. The summed E-state index contributed by atoms with van der Waals surface area (Å²) in [7, 11) is 0. The fourth-order valence-corrected chi connectivity index (χ4v) is 3.00. The summed E-state index contributed by atoms with van der Waals surface area (Å²) in [5, 5.41) is 11.9. The number of tetrazole rings is 1. The van der Waals surface area contributed by atoms with Crippen molar-refractivity contribution >= 4 is 11.8 Å². The first-order valence-corrected chi connectivity index (χ1v) is 7.48. The first kappa shape index (κ1) is 14.6. The summed E-state index contributed by atoms with van der Waals surface area (Å²) in [5.41, 5.74) is 1.23. The lowest BCUT2D eigenvalue weighted by Gasteiger charge is -2.12. The van der Waals surface area contributed by atoms with E-state index in [0.29, 0.717) is 10.7 Å². The molecule has 0 aliphatic heterocycles. The molecule has 0 spiro atoms. The summed E-state index contributed by atoms with van der Waals surface area (Å²) in [4.78, 5) is 0. The maximum absolute atomic E-state index is 13.8. The van der Waals surface area contributed by atoms with E-state index >= 15 is 0 Å². The van der Waals surface area contributed by atoms with E-state index in [1.165, 1.54) is 23.9 Å². The number of rotatable bonds is 4. The van der Waals surface area contributed by atoms with Gasteiger partial charge in [-0.05, 0) is 35.5 Å². The first-order valence-electron chi connectivity index (χ1n) is 6.60. The van der Waals surface area contributed by atoms with Crippen LogP contribution >= 0.6 is 11.8 Å². The molecule has 3 aromatic rings. The molecule has 1 heterocycles. The Kier molecular flexibility index (Phi) is 4.15. The summed E-state index contributed by atoms with van der Waals surface area (Å²) in [6.45, 7) is 1.82. The van der Waals surface area contributed by atoms with Crippen LogP contribution in [0.25, 0.3) is 5.69 Å². The molecular weight excluding hydrogens is 306 g/mol. The van der Waals surface area contributed by atoms with E-state index in [2.05, 4.69) is 15.5 Å². The zero-order valence-corrected chi connectivity index (χ0v) is 12.5. The van der Waals surface area contributed by atoms with Crippen LogP contribution in [0.2, 0.25) is 0 Å². The zero-order chi connectivity index (χ0) is 15.5. The van der Waals surface area contributed by atoms with Crippen LogP contribution in [0.5, 0.6) is 0 Å². The molecule has 1 unspecified atom stereocenters. The van der Waals surface area contributed by atoms with Crippen LogP contribution in [-0.4, -0.2) is 20.2 Å².